The number of nitrogens with zero attached hydrogens (tertiary/aromatic N) is 1. The number of aryl methyl sites for hydroxylation is 1. The summed E-state index contributed by atoms with van der Waals surface area (Å²) in [5, 5.41) is 8.43. The Morgan fingerprint density at radius 3 is 2.70 bits per heavy atom. The smallest absolute Gasteiger partial charge is 0.267 e. The van der Waals surface area contributed by atoms with Crippen LogP contribution in [-0.2, 0) is 11.8 Å². The summed E-state index contributed by atoms with van der Waals surface area (Å²) in [6.07, 6.45) is 7.44. The average molecular weight is 314 g/mol. The van der Waals surface area contributed by atoms with Crippen molar-refractivity contribution in [1.29, 1.82) is 0 Å². The van der Waals surface area contributed by atoms with Crippen molar-refractivity contribution in [2.24, 2.45) is 7.05 Å². The number of halogens is 1. The number of hydrogen-bond acceptors (Lipinski definition) is 3. The lowest BCUT2D eigenvalue weighted by Gasteiger charge is -1.95. The van der Waals surface area contributed by atoms with Gasteiger partial charge in [0.25, 0.3) is 5.91 Å². The molecule has 2 N–H and O–H groups in total. The number of carbonyl (C=O) groups is 2. The van der Waals surface area contributed by atoms with Crippen LogP contribution >= 0.6 is 0 Å². The van der Waals surface area contributed by atoms with Crippen LogP contribution < -0.4 is 5.48 Å². The molecular formula is C17H15FN2O3. The van der Waals surface area contributed by atoms with Crippen molar-refractivity contribution in [3.05, 3.63) is 71.3 Å². The fourth-order valence-corrected chi connectivity index (χ4v) is 1.97. The van der Waals surface area contributed by atoms with Crippen molar-refractivity contribution in [3.8, 4) is 0 Å². The Hall–Kier alpha value is -2.99. The first-order valence-electron chi connectivity index (χ1n) is 6.76. The van der Waals surface area contributed by atoms with Crippen LogP contribution in [-0.4, -0.2) is 21.5 Å². The van der Waals surface area contributed by atoms with Crippen LogP contribution in [0, 0.1) is 5.82 Å². The van der Waals surface area contributed by atoms with E-state index >= 15 is 0 Å². The molecule has 0 aliphatic rings. The van der Waals surface area contributed by atoms with Gasteiger partial charge in [-0.2, -0.15) is 0 Å². The van der Waals surface area contributed by atoms with Crippen molar-refractivity contribution in [1.82, 2.24) is 10.0 Å². The summed E-state index contributed by atoms with van der Waals surface area (Å²) in [7, 11) is 1.78. The maximum atomic E-state index is 13.1. The molecule has 5 nitrogen and oxygen atoms in total. The van der Waals surface area contributed by atoms with Gasteiger partial charge in [0, 0.05) is 30.6 Å². The third-order valence-corrected chi connectivity index (χ3v) is 3.12. The lowest BCUT2D eigenvalue weighted by molar-refractivity contribution is -0.124. The number of hydrogen-bond donors (Lipinski definition) is 2. The second kappa shape index (κ2) is 7.33. The van der Waals surface area contributed by atoms with E-state index < -0.39 is 11.7 Å². The standard InChI is InChI=1S/C17H15FN2O3/c1-20-11-12(9-15(20)6-8-17(22)19-23)5-7-16(21)13-3-2-4-14(18)10-13/h2-11,23H,1H3,(H,19,22)/b7-5-,8-6-. The Morgan fingerprint density at radius 1 is 1.22 bits per heavy atom. The normalized spacial score (nSPS) is 11.3. The Kier molecular flexibility index (Phi) is 5.22. The average Bonchev–Trinajstić information content (AvgIpc) is 2.90. The lowest BCUT2D eigenvalue weighted by Crippen LogP contribution is -2.14. The van der Waals surface area contributed by atoms with Gasteiger partial charge in [-0.05, 0) is 42.0 Å². The summed E-state index contributed by atoms with van der Waals surface area (Å²) in [5.74, 6) is -1.40. The summed E-state index contributed by atoms with van der Waals surface area (Å²) < 4.78 is 14.8. The summed E-state index contributed by atoms with van der Waals surface area (Å²) in [4.78, 5) is 22.9. The second-order valence-corrected chi connectivity index (χ2v) is 4.83. The number of rotatable bonds is 5. The molecule has 118 valence electrons. The maximum Gasteiger partial charge on any atom is 0.267 e. The number of hydroxylamine groups is 1. The molecule has 0 saturated heterocycles. The van der Waals surface area contributed by atoms with E-state index in [9.17, 15) is 14.0 Å². The molecule has 1 heterocycles. The molecule has 2 rings (SSSR count). The zero-order chi connectivity index (χ0) is 16.8. The van der Waals surface area contributed by atoms with Crippen molar-refractivity contribution >= 4 is 23.8 Å². The predicted octanol–water partition coefficient (Wildman–Crippen LogP) is 2.58. The highest BCUT2D eigenvalue weighted by molar-refractivity contribution is 6.06. The van der Waals surface area contributed by atoms with Gasteiger partial charge in [-0.25, -0.2) is 9.87 Å². The Bertz CT molecular complexity index is 791. The Morgan fingerprint density at radius 2 is 2.00 bits per heavy atom. The van der Waals surface area contributed by atoms with E-state index in [0.717, 1.165) is 5.56 Å². The van der Waals surface area contributed by atoms with E-state index in [1.807, 2.05) is 0 Å². The molecule has 0 atom stereocenters. The van der Waals surface area contributed by atoms with Crippen molar-refractivity contribution < 1.29 is 19.2 Å². The molecule has 0 radical (unpaired) electrons. The van der Waals surface area contributed by atoms with Crippen LogP contribution in [0.4, 0.5) is 4.39 Å². The first kappa shape index (κ1) is 16.4. The monoisotopic (exact) mass is 314 g/mol. The molecule has 1 amide bonds. The maximum absolute atomic E-state index is 13.1. The molecule has 1 aromatic heterocycles. The molecule has 0 fully saturated rings. The molecule has 0 aliphatic carbocycles. The fraction of sp³-hybridized carbons (Fsp3) is 0.0588. The van der Waals surface area contributed by atoms with E-state index in [1.165, 1.54) is 41.9 Å². The molecule has 23 heavy (non-hydrogen) atoms. The SMILES string of the molecule is Cn1cc(/C=C\C(=O)c2cccc(F)c2)cc1/C=C\C(=O)NO. The van der Waals surface area contributed by atoms with Gasteiger partial charge in [-0.15, -0.1) is 0 Å². The van der Waals surface area contributed by atoms with Gasteiger partial charge < -0.3 is 4.57 Å². The molecule has 0 spiro atoms. The molecule has 0 unspecified atom stereocenters. The third-order valence-electron chi connectivity index (χ3n) is 3.12. The van der Waals surface area contributed by atoms with E-state index in [1.54, 1.807) is 36.0 Å². The number of amides is 1. The van der Waals surface area contributed by atoms with Gasteiger partial charge in [0.2, 0.25) is 0 Å². The summed E-state index contributed by atoms with van der Waals surface area (Å²) >= 11 is 0. The minimum Gasteiger partial charge on any atom is -0.350 e. The number of nitrogens with one attached hydrogen (secondary N) is 1. The molecule has 0 saturated carbocycles. The molecule has 2 aromatic rings. The Labute approximate surface area is 132 Å². The summed E-state index contributed by atoms with van der Waals surface area (Å²) in [5.41, 5.74) is 3.24. The molecule has 0 bridgehead atoms. The predicted molar refractivity (Wildman–Crippen MR) is 84.1 cm³/mol. The van der Waals surface area contributed by atoms with Crippen molar-refractivity contribution in [2.75, 3.05) is 0 Å². The van der Waals surface area contributed by atoms with Gasteiger partial charge in [-0.3, -0.25) is 14.8 Å². The van der Waals surface area contributed by atoms with Crippen LogP contribution in [0.5, 0.6) is 0 Å². The number of allylic oxidation sites excluding steroid dienone is 1. The van der Waals surface area contributed by atoms with Gasteiger partial charge in [0.1, 0.15) is 5.82 Å². The number of carbonyl (C=O) groups excluding carboxylic acids is 2. The van der Waals surface area contributed by atoms with Crippen molar-refractivity contribution in [2.45, 2.75) is 0 Å². The topological polar surface area (TPSA) is 71.3 Å². The van der Waals surface area contributed by atoms with Gasteiger partial charge >= 0.3 is 0 Å². The van der Waals surface area contributed by atoms with Crippen LogP contribution in [0.25, 0.3) is 12.2 Å². The minimum absolute atomic E-state index is 0.275. The minimum atomic E-state index is -0.635. The highest BCUT2D eigenvalue weighted by Gasteiger charge is 2.04. The van der Waals surface area contributed by atoms with Gasteiger partial charge in [0.15, 0.2) is 5.78 Å². The quantitative estimate of drug-likeness (QED) is 0.386. The zero-order valence-corrected chi connectivity index (χ0v) is 12.4. The number of aromatic nitrogens is 1. The first-order chi connectivity index (χ1) is 11.0. The van der Waals surface area contributed by atoms with Crippen LogP contribution in [0.1, 0.15) is 21.6 Å². The molecule has 1 aromatic carbocycles. The van der Waals surface area contributed by atoms with E-state index in [-0.39, 0.29) is 11.3 Å². The van der Waals surface area contributed by atoms with Crippen LogP contribution in [0.2, 0.25) is 0 Å². The van der Waals surface area contributed by atoms with Gasteiger partial charge in [-0.1, -0.05) is 12.1 Å². The molecule has 0 aliphatic heterocycles. The molecular weight excluding hydrogens is 299 g/mol. The molecule has 6 heteroatoms. The van der Waals surface area contributed by atoms with Gasteiger partial charge in [0.05, 0.1) is 0 Å². The van der Waals surface area contributed by atoms with E-state index in [2.05, 4.69) is 0 Å². The first-order valence-corrected chi connectivity index (χ1v) is 6.76. The highest BCUT2D eigenvalue weighted by Crippen LogP contribution is 2.12. The Balaban J connectivity index is 2.13. The summed E-state index contributed by atoms with van der Waals surface area (Å²) in [6, 6.07) is 7.24. The highest BCUT2D eigenvalue weighted by atomic mass is 19.1. The largest absolute Gasteiger partial charge is 0.350 e. The zero-order valence-electron chi connectivity index (χ0n) is 12.4. The lowest BCUT2D eigenvalue weighted by atomic mass is 10.1. The third kappa shape index (κ3) is 4.49. The van der Waals surface area contributed by atoms with Crippen LogP contribution in [0.3, 0.4) is 0 Å². The number of benzene rings is 1. The number of ketones is 1. The summed E-state index contributed by atoms with van der Waals surface area (Å²) in [6.45, 7) is 0. The van der Waals surface area contributed by atoms with Crippen molar-refractivity contribution in [3.63, 3.8) is 0 Å². The fourth-order valence-electron chi connectivity index (χ4n) is 1.97. The van der Waals surface area contributed by atoms with E-state index in [0.29, 0.717) is 5.69 Å². The second-order valence-electron chi connectivity index (χ2n) is 4.83. The van der Waals surface area contributed by atoms with Crippen LogP contribution in [0.15, 0.2) is 48.7 Å². The van der Waals surface area contributed by atoms with E-state index in [4.69, 9.17) is 5.21 Å².